The molecular formula is C20H32N4O2. The van der Waals surface area contributed by atoms with Crippen LogP contribution in [0.2, 0.25) is 0 Å². The van der Waals surface area contributed by atoms with E-state index >= 15 is 0 Å². The summed E-state index contributed by atoms with van der Waals surface area (Å²) in [5.41, 5.74) is 6.65. The summed E-state index contributed by atoms with van der Waals surface area (Å²) in [6.07, 6.45) is 1.21. The zero-order chi connectivity index (χ0) is 19.1. The predicted octanol–water partition coefficient (Wildman–Crippen LogP) is 2.27. The fraction of sp³-hybridized carbons (Fsp3) is 0.600. The Bertz CT molecular complexity index is 588. The second-order valence-electron chi connectivity index (χ2n) is 7.36. The third-order valence-electron chi connectivity index (χ3n) is 4.89. The van der Waals surface area contributed by atoms with Crippen molar-refractivity contribution >= 4 is 17.5 Å². The number of carbonyl (C=O) groups excluding carboxylic acids is 2. The van der Waals surface area contributed by atoms with Crippen LogP contribution in [0.5, 0.6) is 0 Å². The second-order valence-corrected chi connectivity index (χ2v) is 7.36. The molecule has 1 aliphatic heterocycles. The molecule has 26 heavy (non-hydrogen) atoms. The smallest absolute Gasteiger partial charge is 0.269 e. The Morgan fingerprint density at radius 1 is 1.04 bits per heavy atom. The molecule has 0 aliphatic carbocycles. The highest BCUT2D eigenvalue weighted by Crippen LogP contribution is 2.20. The van der Waals surface area contributed by atoms with E-state index in [1.165, 1.54) is 6.42 Å². The number of hydrogen-bond acceptors (Lipinski definition) is 4. The third-order valence-corrected chi connectivity index (χ3v) is 4.89. The fourth-order valence-corrected chi connectivity index (χ4v) is 3.77. The summed E-state index contributed by atoms with van der Waals surface area (Å²) in [5, 5.41) is 0. The van der Waals surface area contributed by atoms with E-state index in [9.17, 15) is 9.59 Å². The van der Waals surface area contributed by atoms with Gasteiger partial charge in [-0.3, -0.25) is 25.3 Å². The van der Waals surface area contributed by atoms with E-state index in [1.807, 2.05) is 12.1 Å². The molecule has 2 rings (SSSR count). The Kier molecular flexibility index (Phi) is 7.45. The number of amides is 2. The molecule has 2 amide bonds. The Hall–Kier alpha value is -2.08. The van der Waals surface area contributed by atoms with Crippen molar-refractivity contribution in [3.05, 3.63) is 29.8 Å². The van der Waals surface area contributed by atoms with E-state index in [0.717, 1.165) is 31.9 Å². The highest BCUT2D eigenvalue weighted by Gasteiger charge is 2.23. The highest BCUT2D eigenvalue weighted by molar-refractivity contribution is 5.95. The summed E-state index contributed by atoms with van der Waals surface area (Å²) in [4.78, 5) is 28.7. The maximum atomic E-state index is 12.2. The summed E-state index contributed by atoms with van der Waals surface area (Å²) in [7, 11) is 0. The van der Waals surface area contributed by atoms with Gasteiger partial charge < -0.3 is 4.90 Å². The average Bonchev–Trinajstić information content (AvgIpc) is 2.60. The molecule has 1 fully saturated rings. The molecule has 1 heterocycles. The Labute approximate surface area is 156 Å². The normalized spacial score (nSPS) is 20.5. The van der Waals surface area contributed by atoms with Crippen molar-refractivity contribution in [2.45, 2.75) is 34.1 Å². The lowest BCUT2D eigenvalue weighted by atomic mass is 9.92. The minimum atomic E-state index is -0.301. The fourth-order valence-electron chi connectivity index (χ4n) is 3.77. The summed E-state index contributed by atoms with van der Waals surface area (Å²) < 4.78 is 0. The predicted molar refractivity (Wildman–Crippen MR) is 105 cm³/mol. The lowest BCUT2D eigenvalue weighted by Gasteiger charge is -2.34. The Balaban J connectivity index is 1.81. The largest absolute Gasteiger partial charge is 0.372 e. The van der Waals surface area contributed by atoms with Gasteiger partial charge in [0.1, 0.15) is 0 Å². The molecular weight excluding hydrogens is 328 g/mol. The summed E-state index contributed by atoms with van der Waals surface area (Å²) in [6, 6.07) is 7.42. The number of rotatable bonds is 6. The molecule has 6 heteroatoms. The molecule has 1 aliphatic rings. The average molecular weight is 361 g/mol. The Morgan fingerprint density at radius 2 is 1.62 bits per heavy atom. The first kappa shape index (κ1) is 20.2. The monoisotopic (exact) mass is 360 g/mol. The van der Waals surface area contributed by atoms with E-state index in [4.69, 9.17) is 0 Å². The summed E-state index contributed by atoms with van der Waals surface area (Å²) in [5.74, 6) is 0.722. The Morgan fingerprint density at radius 3 is 2.15 bits per heavy atom. The summed E-state index contributed by atoms with van der Waals surface area (Å²) in [6.45, 7) is 12.6. The highest BCUT2D eigenvalue weighted by atomic mass is 16.2. The van der Waals surface area contributed by atoms with Gasteiger partial charge >= 0.3 is 0 Å². The number of piperidine rings is 1. The van der Waals surface area contributed by atoms with Gasteiger partial charge in [0.2, 0.25) is 0 Å². The third kappa shape index (κ3) is 5.73. The van der Waals surface area contributed by atoms with Gasteiger partial charge in [0.15, 0.2) is 0 Å². The van der Waals surface area contributed by atoms with Crippen LogP contribution in [0.1, 0.15) is 44.5 Å². The zero-order valence-electron chi connectivity index (χ0n) is 16.4. The number of nitrogens with zero attached hydrogens (tertiary/aromatic N) is 2. The molecule has 0 saturated carbocycles. The number of hydrazine groups is 1. The molecule has 144 valence electrons. The molecule has 0 aromatic heterocycles. The van der Waals surface area contributed by atoms with Crippen LogP contribution < -0.4 is 15.8 Å². The van der Waals surface area contributed by atoms with E-state index in [2.05, 4.69) is 48.3 Å². The van der Waals surface area contributed by atoms with Gasteiger partial charge in [0.05, 0.1) is 6.54 Å². The van der Waals surface area contributed by atoms with Crippen LogP contribution in [0.15, 0.2) is 24.3 Å². The number of anilines is 1. The quantitative estimate of drug-likeness (QED) is 0.764. The van der Waals surface area contributed by atoms with Gasteiger partial charge in [0, 0.05) is 37.4 Å². The maximum Gasteiger partial charge on any atom is 0.269 e. The van der Waals surface area contributed by atoms with Crippen molar-refractivity contribution in [1.29, 1.82) is 0 Å². The van der Waals surface area contributed by atoms with Gasteiger partial charge in [-0.15, -0.1) is 0 Å². The lowest BCUT2D eigenvalue weighted by molar-refractivity contribution is -0.123. The van der Waals surface area contributed by atoms with Crippen molar-refractivity contribution in [2.24, 2.45) is 11.8 Å². The van der Waals surface area contributed by atoms with Crippen LogP contribution in [0, 0.1) is 11.8 Å². The molecule has 6 nitrogen and oxygen atoms in total. The first-order chi connectivity index (χ1) is 12.4. The van der Waals surface area contributed by atoms with E-state index in [1.54, 1.807) is 12.1 Å². The number of carbonyl (C=O) groups is 2. The molecule has 0 spiro atoms. The van der Waals surface area contributed by atoms with Crippen molar-refractivity contribution in [3.8, 4) is 0 Å². The van der Waals surface area contributed by atoms with E-state index in [0.29, 0.717) is 23.9 Å². The van der Waals surface area contributed by atoms with Crippen LogP contribution in [-0.4, -0.2) is 49.4 Å². The molecule has 0 bridgehead atoms. The number of likely N-dealkylation sites (tertiary alicyclic amines) is 1. The van der Waals surface area contributed by atoms with Gasteiger partial charge in [-0.1, -0.05) is 13.8 Å². The SMILES string of the molecule is CCN(CC)c1ccc(C(=O)NNC(=O)CN2C[C@H](C)C[C@@H](C)C2)cc1. The van der Waals surface area contributed by atoms with Crippen molar-refractivity contribution in [2.75, 3.05) is 37.6 Å². The van der Waals surface area contributed by atoms with Crippen LogP contribution >= 0.6 is 0 Å². The van der Waals surface area contributed by atoms with Gasteiger partial charge in [-0.25, -0.2) is 0 Å². The van der Waals surface area contributed by atoms with Crippen LogP contribution in [0.25, 0.3) is 0 Å². The van der Waals surface area contributed by atoms with E-state index in [-0.39, 0.29) is 11.8 Å². The molecule has 1 aromatic carbocycles. The number of nitrogens with one attached hydrogen (secondary N) is 2. The minimum absolute atomic E-state index is 0.181. The maximum absolute atomic E-state index is 12.2. The molecule has 1 saturated heterocycles. The number of hydrogen-bond donors (Lipinski definition) is 2. The van der Waals surface area contributed by atoms with E-state index < -0.39 is 0 Å². The first-order valence-corrected chi connectivity index (χ1v) is 9.59. The first-order valence-electron chi connectivity index (χ1n) is 9.59. The second kappa shape index (κ2) is 9.57. The van der Waals surface area contributed by atoms with Gasteiger partial charge in [-0.05, 0) is 56.4 Å². The standard InChI is InChI=1S/C20H32N4O2/c1-5-24(6-2)18-9-7-17(8-10-18)20(26)22-21-19(25)14-23-12-15(3)11-16(4)13-23/h7-10,15-16H,5-6,11-14H2,1-4H3,(H,21,25)(H,22,26)/t15-,16-/m1/s1. The van der Waals surface area contributed by atoms with Crippen molar-refractivity contribution in [1.82, 2.24) is 15.8 Å². The van der Waals surface area contributed by atoms with Crippen molar-refractivity contribution in [3.63, 3.8) is 0 Å². The van der Waals surface area contributed by atoms with Crippen LogP contribution in [-0.2, 0) is 4.79 Å². The molecule has 0 unspecified atom stereocenters. The van der Waals surface area contributed by atoms with Crippen LogP contribution in [0.3, 0.4) is 0 Å². The molecule has 2 N–H and O–H groups in total. The van der Waals surface area contributed by atoms with Gasteiger partial charge in [0.25, 0.3) is 11.8 Å². The summed E-state index contributed by atoms with van der Waals surface area (Å²) >= 11 is 0. The molecule has 0 radical (unpaired) electrons. The molecule has 2 atom stereocenters. The molecule has 1 aromatic rings. The minimum Gasteiger partial charge on any atom is -0.372 e. The lowest BCUT2D eigenvalue weighted by Crippen LogP contribution is -2.49. The van der Waals surface area contributed by atoms with Gasteiger partial charge in [-0.2, -0.15) is 0 Å². The van der Waals surface area contributed by atoms with Crippen molar-refractivity contribution < 1.29 is 9.59 Å². The number of benzene rings is 1. The topological polar surface area (TPSA) is 64.7 Å². The zero-order valence-corrected chi connectivity index (χ0v) is 16.4. The van der Waals surface area contributed by atoms with Crippen LogP contribution in [0.4, 0.5) is 5.69 Å².